The standard InChI is InChI=1S/C15H20N2O3/c1-11-4-2-3-5-12(11)8-16-14(18)10-17-7-6-13(9-17)15(19)20/h2-5,13H,6-10H2,1H3,(H,16,18)(H,19,20). The summed E-state index contributed by atoms with van der Waals surface area (Å²) in [5.41, 5.74) is 2.26. The van der Waals surface area contributed by atoms with Gasteiger partial charge in [-0.05, 0) is 31.0 Å². The molecule has 1 fully saturated rings. The van der Waals surface area contributed by atoms with Gasteiger partial charge in [-0.15, -0.1) is 0 Å². The molecule has 0 radical (unpaired) electrons. The Balaban J connectivity index is 1.77. The molecule has 0 aromatic heterocycles. The number of nitrogens with one attached hydrogen (secondary N) is 1. The quantitative estimate of drug-likeness (QED) is 0.842. The first-order chi connectivity index (χ1) is 9.56. The summed E-state index contributed by atoms with van der Waals surface area (Å²) in [6, 6.07) is 7.93. The topological polar surface area (TPSA) is 69.6 Å². The molecule has 5 heteroatoms. The van der Waals surface area contributed by atoms with Crippen LogP contribution in [-0.4, -0.2) is 41.5 Å². The van der Waals surface area contributed by atoms with E-state index in [4.69, 9.17) is 5.11 Å². The Bertz CT molecular complexity index is 502. The molecule has 5 nitrogen and oxygen atoms in total. The Kier molecular flexibility index (Phi) is 4.74. The van der Waals surface area contributed by atoms with Gasteiger partial charge in [-0.3, -0.25) is 14.5 Å². The van der Waals surface area contributed by atoms with Crippen LogP contribution in [0.1, 0.15) is 17.5 Å². The lowest BCUT2D eigenvalue weighted by Crippen LogP contribution is -2.36. The predicted octanol–water partition coefficient (Wildman–Crippen LogP) is 1.02. The zero-order valence-corrected chi connectivity index (χ0v) is 11.6. The van der Waals surface area contributed by atoms with Crippen LogP contribution in [0.25, 0.3) is 0 Å². The molecule has 2 N–H and O–H groups in total. The molecular weight excluding hydrogens is 256 g/mol. The minimum Gasteiger partial charge on any atom is -0.481 e. The highest BCUT2D eigenvalue weighted by Gasteiger charge is 2.28. The summed E-state index contributed by atoms with van der Waals surface area (Å²) in [5, 5.41) is 11.8. The van der Waals surface area contributed by atoms with Crippen molar-refractivity contribution < 1.29 is 14.7 Å². The van der Waals surface area contributed by atoms with E-state index in [2.05, 4.69) is 5.32 Å². The number of likely N-dealkylation sites (tertiary alicyclic amines) is 1. The number of rotatable bonds is 5. The van der Waals surface area contributed by atoms with Gasteiger partial charge in [0.25, 0.3) is 0 Å². The number of carboxylic acid groups (broad SMARTS) is 1. The van der Waals surface area contributed by atoms with Crippen molar-refractivity contribution in [3.05, 3.63) is 35.4 Å². The number of carbonyl (C=O) groups excluding carboxylic acids is 1. The third-order valence-electron chi connectivity index (χ3n) is 3.73. The van der Waals surface area contributed by atoms with Gasteiger partial charge in [-0.25, -0.2) is 0 Å². The van der Waals surface area contributed by atoms with E-state index in [0.717, 1.165) is 11.1 Å². The molecule has 0 aliphatic carbocycles. The number of hydrogen-bond acceptors (Lipinski definition) is 3. The fraction of sp³-hybridized carbons (Fsp3) is 0.467. The summed E-state index contributed by atoms with van der Waals surface area (Å²) in [6.45, 7) is 3.94. The molecule has 1 saturated heterocycles. The van der Waals surface area contributed by atoms with Gasteiger partial charge in [0.2, 0.25) is 5.91 Å². The van der Waals surface area contributed by atoms with Crippen LogP contribution in [0.3, 0.4) is 0 Å². The van der Waals surface area contributed by atoms with Gasteiger partial charge in [0, 0.05) is 13.1 Å². The molecule has 1 aliphatic rings. The van der Waals surface area contributed by atoms with Crippen LogP contribution >= 0.6 is 0 Å². The van der Waals surface area contributed by atoms with Crippen molar-refractivity contribution in [3.63, 3.8) is 0 Å². The van der Waals surface area contributed by atoms with Crippen molar-refractivity contribution in [2.75, 3.05) is 19.6 Å². The first kappa shape index (κ1) is 14.5. The highest BCUT2D eigenvalue weighted by molar-refractivity contribution is 5.78. The molecular formula is C15H20N2O3. The van der Waals surface area contributed by atoms with Crippen LogP contribution in [0.2, 0.25) is 0 Å². The van der Waals surface area contributed by atoms with Crippen LogP contribution in [-0.2, 0) is 16.1 Å². The van der Waals surface area contributed by atoms with E-state index in [1.807, 2.05) is 36.1 Å². The van der Waals surface area contributed by atoms with E-state index in [1.165, 1.54) is 0 Å². The number of amides is 1. The fourth-order valence-corrected chi connectivity index (χ4v) is 2.44. The third-order valence-corrected chi connectivity index (χ3v) is 3.73. The lowest BCUT2D eigenvalue weighted by Gasteiger charge is -2.15. The molecule has 0 saturated carbocycles. The lowest BCUT2D eigenvalue weighted by atomic mass is 10.1. The average molecular weight is 276 g/mol. The largest absolute Gasteiger partial charge is 0.481 e. The summed E-state index contributed by atoms with van der Waals surface area (Å²) in [7, 11) is 0. The van der Waals surface area contributed by atoms with Gasteiger partial charge in [-0.1, -0.05) is 24.3 Å². The SMILES string of the molecule is Cc1ccccc1CNC(=O)CN1CCC(C(=O)O)C1. The van der Waals surface area contributed by atoms with E-state index in [1.54, 1.807) is 0 Å². The monoisotopic (exact) mass is 276 g/mol. The van der Waals surface area contributed by atoms with Crippen LogP contribution < -0.4 is 5.32 Å². The number of carboxylic acids is 1. The maximum Gasteiger partial charge on any atom is 0.307 e. The summed E-state index contributed by atoms with van der Waals surface area (Å²) in [6.07, 6.45) is 0.625. The van der Waals surface area contributed by atoms with Crippen molar-refractivity contribution in [3.8, 4) is 0 Å². The number of carbonyl (C=O) groups is 2. The average Bonchev–Trinajstić information content (AvgIpc) is 2.86. The van der Waals surface area contributed by atoms with Crippen molar-refractivity contribution in [1.82, 2.24) is 10.2 Å². The van der Waals surface area contributed by atoms with Gasteiger partial charge < -0.3 is 10.4 Å². The van der Waals surface area contributed by atoms with E-state index in [9.17, 15) is 9.59 Å². The van der Waals surface area contributed by atoms with E-state index in [-0.39, 0.29) is 18.4 Å². The van der Waals surface area contributed by atoms with Crippen molar-refractivity contribution >= 4 is 11.9 Å². The molecule has 1 aromatic rings. The second kappa shape index (κ2) is 6.52. The first-order valence-corrected chi connectivity index (χ1v) is 6.82. The van der Waals surface area contributed by atoms with E-state index >= 15 is 0 Å². The van der Waals surface area contributed by atoms with E-state index in [0.29, 0.717) is 26.1 Å². The normalized spacial score (nSPS) is 18.9. The molecule has 2 rings (SSSR count). The summed E-state index contributed by atoms with van der Waals surface area (Å²) < 4.78 is 0. The van der Waals surface area contributed by atoms with Gasteiger partial charge >= 0.3 is 5.97 Å². The summed E-state index contributed by atoms with van der Waals surface area (Å²) >= 11 is 0. The Labute approximate surface area is 118 Å². The molecule has 0 bridgehead atoms. The number of nitrogens with zero attached hydrogens (tertiary/aromatic N) is 1. The molecule has 108 valence electrons. The second-order valence-electron chi connectivity index (χ2n) is 5.26. The van der Waals surface area contributed by atoms with Crippen LogP contribution in [0.4, 0.5) is 0 Å². The van der Waals surface area contributed by atoms with E-state index < -0.39 is 5.97 Å². The molecule has 1 aromatic carbocycles. The van der Waals surface area contributed by atoms with Gasteiger partial charge in [0.15, 0.2) is 0 Å². The highest BCUT2D eigenvalue weighted by Crippen LogP contribution is 2.15. The molecule has 1 heterocycles. The fourth-order valence-electron chi connectivity index (χ4n) is 2.44. The Hall–Kier alpha value is -1.88. The number of benzene rings is 1. The zero-order valence-electron chi connectivity index (χ0n) is 11.6. The molecule has 1 unspecified atom stereocenters. The first-order valence-electron chi connectivity index (χ1n) is 6.82. The molecule has 1 aliphatic heterocycles. The highest BCUT2D eigenvalue weighted by atomic mass is 16.4. The number of aryl methyl sites for hydroxylation is 1. The van der Waals surface area contributed by atoms with Crippen LogP contribution in [0.5, 0.6) is 0 Å². The van der Waals surface area contributed by atoms with Crippen molar-refractivity contribution in [2.24, 2.45) is 5.92 Å². The minimum absolute atomic E-state index is 0.0562. The predicted molar refractivity (Wildman–Crippen MR) is 75.2 cm³/mol. The maximum atomic E-state index is 11.9. The second-order valence-corrected chi connectivity index (χ2v) is 5.26. The number of aliphatic carboxylic acids is 1. The maximum absolute atomic E-state index is 11.9. The van der Waals surface area contributed by atoms with Crippen molar-refractivity contribution in [2.45, 2.75) is 19.9 Å². The summed E-state index contributed by atoms with van der Waals surface area (Å²) in [4.78, 5) is 24.6. The van der Waals surface area contributed by atoms with Gasteiger partial charge in [0.05, 0.1) is 12.5 Å². The van der Waals surface area contributed by atoms with Crippen LogP contribution in [0.15, 0.2) is 24.3 Å². The van der Waals surface area contributed by atoms with Gasteiger partial charge in [-0.2, -0.15) is 0 Å². The third kappa shape index (κ3) is 3.81. The zero-order chi connectivity index (χ0) is 14.5. The Morgan fingerprint density at radius 1 is 1.40 bits per heavy atom. The molecule has 1 amide bonds. The molecule has 0 spiro atoms. The molecule has 20 heavy (non-hydrogen) atoms. The van der Waals surface area contributed by atoms with Crippen LogP contribution in [0, 0.1) is 12.8 Å². The minimum atomic E-state index is -0.771. The molecule has 1 atom stereocenters. The van der Waals surface area contributed by atoms with Crippen molar-refractivity contribution in [1.29, 1.82) is 0 Å². The van der Waals surface area contributed by atoms with Gasteiger partial charge in [0.1, 0.15) is 0 Å². The smallest absolute Gasteiger partial charge is 0.307 e. The Morgan fingerprint density at radius 3 is 2.80 bits per heavy atom. The Morgan fingerprint density at radius 2 is 2.15 bits per heavy atom. The summed E-state index contributed by atoms with van der Waals surface area (Å²) in [5.74, 6) is -1.16. The number of hydrogen-bond donors (Lipinski definition) is 2. The lowest BCUT2D eigenvalue weighted by molar-refractivity contribution is -0.141.